The second-order valence-corrected chi connectivity index (χ2v) is 15.7. The van der Waals surface area contributed by atoms with E-state index in [9.17, 15) is 0 Å². The van der Waals surface area contributed by atoms with Crippen LogP contribution in [0.1, 0.15) is 0 Å². The lowest BCUT2D eigenvalue weighted by Crippen LogP contribution is -2.12. The minimum Gasteiger partial charge on any atom is -0.455 e. The van der Waals surface area contributed by atoms with Gasteiger partial charge in [-0.2, -0.15) is 0 Å². The fourth-order valence-electron chi connectivity index (χ4n) is 9.38. The van der Waals surface area contributed by atoms with Crippen molar-refractivity contribution in [2.24, 2.45) is 0 Å². The minimum atomic E-state index is 0.893. The maximum atomic E-state index is 6.57. The van der Waals surface area contributed by atoms with Gasteiger partial charge in [0.2, 0.25) is 0 Å². The number of hydrogen-bond acceptors (Lipinski definition) is 2. The molecular weight excluding hydrogens is 741 g/mol. The van der Waals surface area contributed by atoms with Crippen molar-refractivity contribution < 1.29 is 4.42 Å². The maximum absolute atomic E-state index is 6.57. The molecule has 0 aliphatic rings. The number of para-hydroxylation sites is 6. The summed E-state index contributed by atoms with van der Waals surface area (Å²) >= 11 is 0. The Hall–Kier alpha value is -8.14. The first-order valence-corrected chi connectivity index (χ1v) is 20.8. The molecule has 0 N–H and O–H groups in total. The van der Waals surface area contributed by atoms with Gasteiger partial charge in [0.05, 0.1) is 22.4 Å². The van der Waals surface area contributed by atoms with Gasteiger partial charge in [0.25, 0.3) is 0 Å². The molecule has 0 fully saturated rings. The summed E-state index contributed by atoms with van der Waals surface area (Å²) in [7, 11) is 0. The molecule has 0 amide bonds. The molecule has 0 atom stereocenters. The van der Waals surface area contributed by atoms with E-state index >= 15 is 0 Å². The predicted molar refractivity (Wildman–Crippen MR) is 257 cm³/mol. The van der Waals surface area contributed by atoms with Crippen molar-refractivity contribution in [2.75, 3.05) is 4.90 Å². The highest BCUT2D eigenvalue weighted by Gasteiger charge is 2.22. The molecule has 2 heterocycles. The lowest BCUT2D eigenvalue weighted by molar-refractivity contribution is 0.670. The van der Waals surface area contributed by atoms with Crippen molar-refractivity contribution in [3.63, 3.8) is 0 Å². The highest BCUT2D eigenvalue weighted by Crippen LogP contribution is 2.46. The van der Waals surface area contributed by atoms with Gasteiger partial charge in [-0.25, -0.2) is 0 Å². The van der Waals surface area contributed by atoms with Crippen LogP contribution in [0.5, 0.6) is 0 Å². The van der Waals surface area contributed by atoms with Crippen LogP contribution in [0.25, 0.3) is 93.6 Å². The van der Waals surface area contributed by atoms with Crippen LogP contribution in [0.2, 0.25) is 0 Å². The molecule has 0 aliphatic heterocycles. The first-order chi connectivity index (χ1) is 30.3. The van der Waals surface area contributed by atoms with Crippen molar-refractivity contribution in [2.45, 2.75) is 0 Å². The Balaban J connectivity index is 1.08. The van der Waals surface area contributed by atoms with Crippen molar-refractivity contribution in [1.82, 2.24) is 4.57 Å². The zero-order valence-electron chi connectivity index (χ0n) is 33.2. The van der Waals surface area contributed by atoms with Crippen LogP contribution in [-0.4, -0.2) is 4.57 Å². The molecule has 0 radical (unpaired) electrons. The monoisotopic (exact) mass is 778 g/mol. The van der Waals surface area contributed by atoms with Crippen LogP contribution in [0, 0.1) is 0 Å². The topological polar surface area (TPSA) is 21.3 Å². The molecule has 0 unspecified atom stereocenters. The average Bonchev–Trinajstić information content (AvgIpc) is 3.88. The molecule has 0 saturated heterocycles. The third-order valence-corrected chi connectivity index (χ3v) is 12.2. The molecule has 10 aromatic carbocycles. The van der Waals surface area contributed by atoms with E-state index in [0.29, 0.717) is 0 Å². The summed E-state index contributed by atoms with van der Waals surface area (Å²) in [5.41, 5.74) is 15.2. The summed E-state index contributed by atoms with van der Waals surface area (Å²) in [5.74, 6) is 0. The van der Waals surface area contributed by atoms with Gasteiger partial charge in [0, 0.05) is 49.6 Å². The molecule has 0 aliphatic carbocycles. The number of aromatic nitrogens is 1. The number of rotatable bonds is 7. The van der Waals surface area contributed by atoms with E-state index in [0.717, 1.165) is 72.5 Å². The van der Waals surface area contributed by atoms with E-state index in [1.807, 2.05) is 12.1 Å². The number of benzene rings is 10. The van der Waals surface area contributed by atoms with Crippen LogP contribution in [0.15, 0.2) is 235 Å². The Bertz CT molecular complexity index is 3570. The number of nitrogens with zero attached hydrogens (tertiary/aromatic N) is 2. The summed E-state index contributed by atoms with van der Waals surface area (Å²) in [6.45, 7) is 0. The van der Waals surface area contributed by atoms with Gasteiger partial charge in [-0.1, -0.05) is 170 Å². The fraction of sp³-hybridized carbons (Fsp3) is 0. The standard InChI is InChI=1S/C58H38N2O/c1-2-17-40-36-42(35-34-39(40)16-1)41-18-13-20-44(37-41)59(45-21-14-19-43(38-45)46-27-15-28-52-51-26-7-12-33-57(51)61-58(46)52)53-29-8-3-22-47(53)48-23-4-9-30-54(48)60-55-31-10-5-24-49(55)50-25-6-11-32-56(50)60/h1-38H. The second kappa shape index (κ2) is 14.3. The summed E-state index contributed by atoms with van der Waals surface area (Å²) in [5, 5.41) is 7.18. The molecule has 3 nitrogen and oxygen atoms in total. The van der Waals surface area contributed by atoms with Crippen LogP contribution >= 0.6 is 0 Å². The zero-order valence-corrected chi connectivity index (χ0v) is 33.2. The van der Waals surface area contributed by atoms with Gasteiger partial charge < -0.3 is 13.9 Å². The molecule has 3 heteroatoms. The van der Waals surface area contributed by atoms with Gasteiger partial charge in [0.1, 0.15) is 11.2 Å². The quantitative estimate of drug-likeness (QED) is 0.161. The summed E-state index contributed by atoms with van der Waals surface area (Å²) in [4.78, 5) is 2.42. The normalized spacial score (nSPS) is 11.6. The summed E-state index contributed by atoms with van der Waals surface area (Å²) < 4.78 is 9.00. The van der Waals surface area contributed by atoms with Gasteiger partial charge in [-0.05, 0) is 88.1 Å². The number of hydrogen-bond donors (Lipinski definition) is 0. The van der Waals surface area contributed by atoms with E-state index in [2.05, 4.69) is 228 Å². The Morgan fingerprint density at radius 3 is 1.70 bits per heavy atom. The highest BCUT2D eigenvalue weighted by atomic mass is 16.3. The Morgan fingerprint density at radius 2 is 0.902 bits per heavy atom. The first-order valence-electron chi connectivity index (χ1n) is 20.8. The van der Waals surface area contributed by atoms with Crippen molar-refractivity contribution in [3.8, 4) is 39.1 Å². The molecule has 286 valence electrons. The van der Waals surface area contributed by atoms with Crippen LogP contribution < -0.4 is 4.90 Å². The third-order valence-electron chi connectivity index (χ3n) is 12.2. The molecule has 0 spiro atoms. The summed E-state index contributed by atoms with van der Waals surface area (Å²) in [6, 6.07) is 83.0. The van der Waals surface area contributed by atoms with E-state index in [1.165, 1.54) is 38.1 Å². The van der Waals surface area contributed by atoms with Gasteiger partial charge in [-0.15, -0.1) is 0 Å². The Morgan fingerprint density at radius 1 is 0.344 bits per heavy atom. The molecule has 0 saturated carbocycles. The first kappa shape index (κ1) is 34.9. The van der Waals surface area contributed by atoms with E-state index in [-0.39, 0.29) is 0 Å². The number of anilines is 3. The Labute approximate surface area is 353 Å². The van der Waals surface area contributed by atoms with Gasteiger partial charge >= 0.3 is 0 Å². The van der Waals surface area contributed by atoms with E-state index in [1.54, 1.807) is 0 Å². The molecule has 12 rings (SSSR count). The maximum Gasteiger partial charge on any atom is 0.143 e. The zero-order chi connectivity index (χ0) is 40.3. The van der Waals surface area contributed by atoms with Crippen molar-refractivity contribution in [3.05, 3.63) is 231 Å². The second-order valence-electron chi connectivity index (χ2n) is 15.7. The fourth-order valence-corrected chi connectivity index (χ4v) is 9.38. The molecular formula is C58H38N2O. The predicted octanol–water partition coefficient (Wildman–Crippen LogP) is 16.3. The average molecular weight is 779 g/mol. The number of furan rings is 1. The molecule has 2 aromatic heterocycles. The Kier molecular flexibility index (Phi) is 8.17. The van der Waals surface area contributed by atoms with Gasteiger partial charge in [0.15, 0.2) is 0 Å². The van der Waals surface area contributed by atoms with E-state index in [4.69, 9.17) is 4.42 Å². The van der Waals surface area contributed by atoms with Crippen LogP contribution in [-0.2, 0) is 0 Å². The molecule has 0 bridgehead atoms. The third kappa shape index (κ3) is 5.82. The molecule has 61 heavy (non-hydrogen) atoms. The van der Waals surface area contributed by atoms with Crippen LogP contribution in [0.4, 0.5) is 17.1 Å². The smallest absolute Gasteiger partial charge is 0.143 e. The lowest BCUT2D eigenvalue weighted by Gasteiger charge is -2.29. The van der Waals surface area contributed by atoms with Crippen molar-refractivity contribution >= 4 is 71.6 Å². The largest absolute Gasteiger partial charge is 0.455 e. The minimum absolute atomic E-state index is 0.893. The SMILES string of the molecule is c1cc(-c2ccc3ccccc3c2)cc(N(c2cccc(-c3cccc4c3oc3ccccc34)c2)c2ccccc2-c2ccccc2-n2c3ccccc3c3ccccc32)c1. The summed E-state index contributed by atoms with van der Waals surface area (Å²) in [6.07, 6.45) is 0. The van der Waals surface area contributed by atoms with Crippen molar-refractivity contribution in [1.29, 1.82) is 0 Å². The molecule has 12 aromatic rings. The lowest BCUT2D eigenvalue weighted by atomic mass is 9.97. The van der Waals surface area contributed by atoms with Gasteiger partial charge in [-0.3, -0.25) is 0 Å². The van der Waals surface area contributed by atoms with E-state index < -0.39 is 0 Å². The number of fused-ring (bicyclic) bond motifs is 7. The van der Waals surface area contributed by atoms with Crippen LogP contribution in [0.3, 0.4) is 0 Å². The highest BCUT2D eigenvalue weighted by molar-refractivity contribution is 6.11.